The SMILES string of the molecule is O=C(Cc1ccccc1)N/N=C\c1ccc(OCc2ccccc2)c(OCc2ccccc2)c1. The zero-order chi connectivity index (χ0) is 23.4. The summed E-state index contributed by atoms with van der Waals surface area (Å²) in [5, 5.41) is 4.10. The lowest BCUT2D eigenvalue weighted by atomic mass is 10.1. The monoisotopic (exact) mass is 450 g/mol. The fraction of sp³-hybridized carbons (Fsp3) is 0.103. The van der Waals surface area contributed by atoms with Crippen LogP contribution in [-0.4, -0.2) is 12.1 Å². The molecule has 170 valence electrons. The van der Waals surface area contributed by atoms with Crippen molar-refractivity contribution in [2.24, 2.45) is 5.10 Å². The molecule has 0 bridgehead atoms. The number of hydrogen-bond acceptors (Lipinski definition) is 4. The van der Waals surface area contributed by atoms with Crippen molar-refractivity contribution in [2.45, 2.75) is 19.6 Å². The predicted octanol–water partition coefficient (Wildman–Crippen LogP) is 5.54. The number of benzene rings is 4. The number of hydrazone groups is 1. The Labute approximate surface area is 199 Å². The van der Waals surface area contributed by atoms with E-state index in [2.05, 4.69) is 10.5 Å². The van der Waals surface area contributed by atoms with E-state index in [4.69, 9.17) is 9.47 Å². The van der Waals surface area contributed by atoms with Crippen LogP contribution < -0.4 is 14.9 Å². The number of nitrogens with zero attached hydrogens (tertiary/aromatic N) is 1. The third kappa shape index (κ3) is 7.07. The van der Waals surface area contributed by atoms with E-state index >= 15 is 0 Å². The Morgan fingerprint density at radius 2 is 1.21 bits per heavy atom. The van der Waals surface area contributed by atoms with Gasteiger partial charge in [-0.05, 0) is 40.5 Å². The molecule has 0 atom stereocenters. The maximum atomic E-state index is 12.1. The summed E-state index contributed by atoms with van der Waals surface area (Å²) in [4.78, 5) is 12.1. The number of amides is 1. The first-order chi connectivity index (χ1) is 16.8. The highest BCUT2D eigenvalue weighted by atomic mass is 16.5. The summed E-state index contributed by atoms with van der Waals surface area (Å²) in [6.45, 7) is 0.850. The Morgan fingerprint density at radius 3 is 1.79 bits per heavy atom. The Hall–Kier alpha value is -4.38. The van der Waals surface area contributed by atoms with Crippen LogP contribution in [0.2, 0.25) is 0 Å². The number of nitrogens with one attached hydrogen (secondary N) is 1. The number of carbonyl (C=O) groups is 1. The third-order valence-electron chi connectivity index (χ3n) is 5.05. The lowest BCUT2D eigenvalue weighted by molar-refractivity contribution is -0.120. The third-order valence-corrected chi connectivity index (χ3v) is 5.05. The van der Waals surface area contributed by atoms with Crippen molar-refractivity contribution in [3.05, 3.63) is 131 Å². The van der Waals surface area contributed by atoms with E-state index in [1.165, 1.54) is 0 Å². The summed E-state index contributed by atoms with van der Waals surface area (Å²) in [5.41, 5.74) is 6.43. The van der Waals surface area contributed by atoms with Gasteiger partial charge in [0.2, 0.25) is 5.91 Å². The molecule has 0 aromatic heterocycles. The average Bonchev–Trinajstić information content (AvgIpc) is 2.88. The van der Waals surface area contributed by atoms with Gasteiger partial charge in [0.05, 0.1) is 12.6 Å². The quantitative estimate of drug-likeness (QED) is 0.255. The van der Waals surface area contributed by atoms with Crippen LogP contribution in [0.1, 0.15) is 22.3 Å². The number of rotatable bonds is 10. The van der Waals surface area contributed by atoms with Crippen molar-refractivity contribution >= 4 is 12.1 Å². The molecule has 0 saturated heterocycles. The Morgan fingerprint density at radius 1 is 0.676 bits per heavy atom. The summed E-state index contributed by atoms with van der Waals surface area (Å²) in [5.74, 6) is 1.08. The minimum absolute atomic E-state index is 0.175. The van der Waals surface area contributed by atoms with Gasteiger partial charge in [0.25, 0.3) is 0 Å². The van der Waals surface area contributed by atoms with E-state index in [1.807, 2.05) is 109 Å². The Kier molecular flexibility index (Phi) is 8.06. The lowest BCUT2D eigenvalue weighted by Gasteiger charge is -2.14. The van der Waals surface area contributed by atoms with Crippen molar-refractivity contribution in [3.63, 3.8) is 0 Å². The molecular formula is C29H26N2O3. The zero-order valence-electron chi connectivity index (χ0n) is 18.8. The van der Waals surface area contributed by atoms with Gasteiger partial charge in [0, 0.05) is 0 Å². The Balaban J connectivity index is 1.43. The minimum Gasteiger partial charge on any atom is -0.485 e. The number of hydrogen-bond donors (Lipinski definition) is 1. The highest BCUT2D eigenvalue weighted by molar-refractivity contribution is 5.84. The standard InChI is InChI=1S/C29H26N2O3/c32-29(19-23-10-4-1-5-11-23)31-30-20-26-16-17-27(33-21-24-12-6-2-7-13-24)28(18-26)34-22-25-14-8-3-9-15-25/h1-18,20H,19,21-22H2,(H,31,32)/b30-20-. The Bertz CT molecular complexity index is 1210. The van der Waals surface area contributed by atoms with E-state index in [0.29, 0.717) is 24.7 Å². The van der Waals surface area contributed by atoms with Crippen LogP contribution in [-0.2, 0) is 24.4 Å². The van der Waals surface area contributed by atoms with Crippen LogP contribution in [0.15, 0.2) is 114 Å². The van der Waals surface area contributed by atoms with Gasteiger partial charge in [-0.15, -0.1) is 0 Å². The highest BCUT2D eigenvalue weighted by Gasteiger charge is 2.08. The van der Waals surface area contributed by atoms with Crippen LogP contribution in [0, 0.1) is 0 Å². The molecule has 34 heavy (non-hydrogen) atoms. The van der Waals surface area contributed by atoms with Crippen molar-refractivity contribution in [1.82, 2.24) is 5.43 Å². The van der Waals surface area contributed by atoms with E-state index in [0.717, 1.165) is 22.3 Å². The van der Waals surface area contributed by atoms with Gasteiger partial charge in [-0.1, -0.05) is 91.0 Å². The van der Waals surface area contributed by atoms with Gasteiger partial charge < -0.3 is 9.47 Å². The first-order valence-electron chi connectivity index (χ1n) is 11.1. The summed E-state index contributed by atoms with van der Waals surface area (Å²) in [7, 11) is 0. The van der Waals surface area contributed by atoms with Crippen molar-refractivity contribution in [1.29, 1.82) is 0 Å². The van der Waals surface area contributed by atoms with Crippen molar-refractivity contribution in [3.8, 4) is 11.5 Å². The van der Waals surface area contributed by atoms with Crippen LogP contribution in [0.3, 0.4) is 0 Å². The first kappa shape index (κ1) is 22.8. The molecule has 1 amide bonds. The van der Waals surface area contributed by atoms with Crippen LogP contribution in [0.4, 0.5) is 0 Å². The molecule has 0 aliphatic rings. The van der Waals surface area contributed by atoms with E-state index in [9.17, 15) is 4.79 Å². The molecule has 0 aliphatic carbocycles. The molecule has 4 aromatic carbocycles. The second-order valence-corrected chi connectivity index (χ2v) is 7.71. The molecule has 0 saturated carbocycles. The summed E-state index contributed by atoms with van der Waals surface area (Å²) < 4.78 is 12.1. The molecule has 4 rings (SSSR count). The zero-order valence-corrected chi connectivity index (χ0v) is 18.8. The van der Waals surface area contributed by atoms with E-state index in [1.54, 1.807) is 6.21 Å². The number of ether oxygens (including phenoxy) is 2. The summed E-state index contributed by atoms with van der Waals surface area (Å²) >= 11 is 0. The van der Waals surface area contributed by atoms with Gasteiger partial charge in [-0.25, -0.2) is 5.43 Å². The lowest BCUT2D eigenvalue weighted by Crippen LogP contribution is -2.19. The smallest absolute Gasteiger partial charge is 0.244 e. The van der Waals surface area contributed by atoms with Crippen molar-refractivity contribution in [2.75, 3.05) is 0 Å². The van der Waals surface area contributed by atoms with Crippen LogP contribution in [0.25, 0.3) is 0 Å². The first-order valence-corrected chi connectivity index (χ1v) is 11.1. The van der Waals surface area contributed by atoms with Gasteiger partial charge >= 0.3 is 0 Å². The van der Waals surface area contributed by atoms with Gasteiger partial charge in [0.1, 0.15) is 13.2 Å². The minimum atomic E-state index is -0.175. The molecule has 0 radical (unpaired) electrons. The van der Waals surface area contributed by atoms with Gasteiger partial charge in [-0.3, -0.25) is 4.79 Å². The van der Waals surface area contributed by atoms with Crippen molar-refractivity contribution < 1.29 is 14.3 Å². The molecule has 0 spiro atoms. The van der Waals surface area contributed by atoms with Gasteiger partial charge in [0.15, 0.2) is 11.5 Å². The fourth-order valence-corrected chi connectivity index (χ4v) is 3.31. The summed E-state index contributed by atoms with van der Waals surface area (Å²) in [6, 6.07) is 35.1. The molecule has 0 heterocycles. The second-order valence-electron chi connectivity index (χ2n) is 7.71. The predicted molar refractivity (Wildman–Crippen MR) is 134 cm³/mol. The number of carbonyl (C=O) groups excluding carboxylic acids is 1. The molecular weight excluding hydrogens is 424 g/mol. The molecule has 0 unspecified atom stereocenters. The van der Waals surface area contributed by atoms with E-state index < -0.39 is 0 Å². The molecule has 5 nitrogen and oxygen atoms in total. The molecule has 0 aliphatic heterocycles. The maximum Gasteiger partial charge on any atom is 0.244 e. The highest BCUT2D eigenvalue weighted by Crippen LogP contribution is 2.29. The van der Waals surface area contributed by atoms with Crippen LogP contribution >= 0.6 is 0 Å². The van der Waals surface area contributed by atoms with Crippen LogP contribution in [0.5, 0.6) is 11.5 Å². The maximum absolute atomic E-state index is 12.1. The molecule has 4 aromatic rings. The summed E-state index contributed by atoms with van der Waals surface area (Å²) in [6.07, 6.45) is 1.87. The van der Waals surface area contributed by atoms with E-state index in [-0.39, 0.29) is 12.3 Å². The fourth-order valence-electron chi connectivity index (χ4n) is 3.31. The average molecular weight is 451 g/mol. The van der Waals surface area contributed by atoms with Gasteiger partial charge in [-0.2, -0.15) is 5.10 Å². The largest absolute Gasteiger partial charge is 0.485 e. The molecule has 1 N–H and O–H groups in total. The molecule has 0 fully saturated rings. The normalized spacial score (nSPS) is 10.7. The second kappa shape index (κ2) is 12.0. The molecule has 5 heteroatoms. The topological polar surface area (TPSA) is 59.9 Å².